The van der Waals surface area contributed by atoms with Crippen LogP contribution in [0.25, 0.3) is 0 Å². The summed E-state index contributed by atoms with van der Waals surface area (Å²) in [7, 11) is 0. The van der Waals surface area contributed by atoms with Crippen LogP contribution in [0.5, 0.6) is 0 Å². The number of carboxylic acids is 2. The van der Waals surface area contributed by atoms with Crippen molar-refractivity contribution in [1.82, 2.24) is 0 Å². The number of hydrogen-bond donors (Lipinski definition) is 3. The van der Waals surface area contributed by atoms with Gasteiger partial charge in [0.25, 0.3) is 0 Å². The van der Waals surface area contributed by atoms with E-state index in [1.54, 1.807) is 0 Å². The number of allylic oxidation sites excluding steroid dienone is 1. The zero-order valence-electron chi connectivity index (χ0n) is 8.52. The first-order valence-electron chi connectivity index (χ1n) is 4.76. The van der Waals surface area contributed by atoms with Crippen LogP contribution in [0.15, 0.2) is 12.1 Å². The van der Waals surface area contributed by atoms with Crippen molar-refractivity contribution in [3.63, 3.8) is 0 Å². The van der Waals surface area contributed by atoms with E-state index in [4.69, 9.17) is 18.7 Å². The molecule has 13 heavy (non-hydrogen) atoms. The summed E-state index contributed by atoms with van der Waals surface area (Å²) in [6.07, 6.45) is 0. The minimum Gasteiger partial charge on any atom is -0.481 e. The van der Waals surface area contributed by atoms with Crippen LogP contribution in [0, 0.1) is 17.8 Å². The second-order valence-corrected chi connectivity index (χ2v) is 3.36. The molecule has 1 fully saturated rings. The van der Waals surface area contributed by atoms with Gasteiger partial charge in [0.1, 0.15) is 5.54 Å². The summed E-state index contributed by atoms with van der Waals surface area (Å²) in [5, 5.41) is 17.7. The normalized spacial score (nSPS) is 49.5. The van der Waals surface area contributed by atoms with Gasteiger partial charge in [-0.1, -0.05) is 12.1 Å². The lowest BCUT2D eigenvalue weighted by atomic mass is 9.95. The monoisotopic (exact) mass is 187 g/mol. The minimum atomic E-state index is -2.00. The standard InChI is InChI=1S/C8H9NO4/c9-8(7(12)13)2-1-3-4(5(3)8)6(10)11/h1-5H,9H2,(H,10,11)(H,12,13)/t3-,4-,5-,8+/m0/s1/i1T,2T. The largest absolute Gasteiger partial charge is 0.481 e. The molecule has 70 valence electrons. The van der Waals surface area contributed by atoms with E-state index in [1.165, 1.54) is 0 Å². The predicted molar refractivity (Wildman–Crippen MR) is 41.8 cm³/mol. The maximum absolute atomic E-state index is 10.9. The molecule has 4 atom stereocenters. The molecule has 0 bridgehead atoms. The quantitative estimate of drug-likeness (QED) is 0.495. The maximum atomic E-state index is 10.9. The smallest absolute Gasteiger partial charge is 0.328 e. The Labute approximate surface area is 76.7 Å². The molecule has 2 aliphatic rings. The number of nitrogens with two attached hydrogens (primary N) is 1. The molecule has 0 spiro atoms. The summed E-state index contributed by atoms with van der Waals surface area (Å²) in [5.74, 6) is -5.05. The molecule has 5 heteroatoms. The van der Waals surface area contributed by atoms with Crippen LogP contribution >= 0.6 is 0 Å². The van der Waals surface area contributed by atoms with Crippen molar-refractivity contribution in [2.75, 3.05) is 0 Å². The number of hydrogen-bond acceptors (Lipinski definition) is 3. The summed E-state index contributed by atoms with van der Waals surface area (Å²) in [5.41, 5.74) is 3.53. The number of carboxylic acid groups (broad SMARTS) is 2. The Morgan fingerprint density at radius 2 is 2.15 bits per heavy atom. The second kappa shape index (κ2) is 2.11. The van der Waals surface area contributed by atoms with E-state index in [1.807, 2.05) is 0 Å². The zero-order chi connectivity index (χ0) is 11.5. The van der Waals surface area contributed by atoms with Gasteiger partial charge in [-0.3, -0.25) is 4.79 Å². The minimum absolute atomic E-state index is 0.252. The third-order valence-electron chi connectivity index (χ3n) is 2.63. The van der Waals surface area contributed by atoms with Crippen LogP contribution in [0.1, 0.15) is 2.74 Å². The molecular formula is C8H9NO4. The Bertz CT molecular complexity index is 407. The van der Waals surface area contributed by atoms with Crippen LogP contribution in [0.4, 0.5) is 0 Å². The Balaban J connectivity index is 2.44. The lowest BCUT2D eigenvalue weighted by Crippen LogP contribution is -2.48. The van der Waals surface area contributed by atoms with Gasteiger partial charge in [0.15, 0.2) is 0 Å². The molecule has 0 radical (unpaired) electrons. The molecule has 2 aliphatic carbocycles. The molecule has 4 N–H and O–H groups in total. The average Bonchev–Trinajstić information content (AvgIpc) is 2.84. The Morgan fingerprint density at radius 1 is 1.54 bits per heavy atom. The molecule has 5 nitrogen and oxygen atoms in total. The van der Waals surface area contributed by atoms with Crippen LogP contribution in [0.2, 0.25) is 0 Å². The third-order valence-corrected chi connectivity index (χ3v) is 2.63. The number of fused-ring (bicyclic) bond motifs is 1. The molecule has 1 saturated carbocycles. The van der Waals surface area contributed by atoms with Gasteiger partial charge in [-0.25, -0.2) is 4.79 Å². The highest BCUT2D eigenvalue weighted by molar-refractivity contribution is 5.88. The summed E-state index contributed by atoms with van der Waals surface area (Å²) in [6, 6.07) is -0.722. The third kappa shape index (κ3) is 0.846. The van der Waals surface area contributed by atoms with Gasteiger partial charge in [-0.15, -0.1) is 0 Å². The van der Waals surface area contributed by atoms with Crippen molar-refractivity contribution < 1.29 is 22.5 Å². The van der Waals surface area contributed by atoms with Gasteiger partial charge in [-0.05, 0) is 5.92 Å². The Hall–Kier alpha value is -1.36. The molecule has 0 saturated heterocycles. The van der Waals surface area contributed by atoms with Gasteiger partial charge < -0.3 is 15.9 Å². The van der Waals surface area contributed by atoms with E-state index in [0.717, 1.165) is 0 Å². The van der Waals surface area contributed by atoms with Gasteiger partial charge in [0, 0.05) is 5.92 Å². The van der Waals surface area contributed by atoms with Crippen LogP contribution in [-0.2, 0) is 9.59 Å². The van der Waals surface area contributed by atoms with Crippen molar-refractivity contribution in [2.24, 2.45) is 23.5 Å². The number of aliphatic carboxylic acids is 2. The van der Waals surface area contributed by atoms with E-state index in [-0.39, 0.29) is 6.05 Å². The number of carbonyl (C=O) groups is 2. The molecule has 0 amide bonds. The van der Waals surface area contributed by atoms with Gasteiger partial charge in [0.2, 0.25) is 0 Å². The number of rotatable bonds is 2. The van der Waals surface area contributed by atoms with Gasteiger partial charge in [0.05, 0.1) is 8.66 Å². The average molecular weight is 187 g/mol. The highest BCUT2D eigenvalue weighted by Crippen LogP contribution is 2.57. The summed E-state index contributed by atoms with van der Waals surface area (Å²) < 4.78 is 14.9. The zero-order valence-corrected chi connectivity index (χ0v) is 6.52. The first-order chi connectivity index (χ1) is 6.83. The molecule has 0 aliphatic heterocycles. The second-order valence-electron chi connectivity index (χ2n) is 3.36. The SMILES string of the molecule is [3H]C1=C([3H])[C@](N)(C(=O)O)[C@@H]2[C@@H](C(=O)O)[C@H]12. The fraction of sp³-hybridized carbons (Fsp3) is 0.500. The van der Waals surface area contributed by atoms with Crippen molar-refractivity contribution in [3.05, 3.63) is 12.1 Å². The molecule has 0 aromatic carbocycles. The fourth-order valence-corrected chi connectivity index (χ4v) is 1.85. The molecule has 2 rings (SSSR count). The van der Waals surface area contributed by atoms with Crippen molar-refractivity contribution >= 4 is 11.9 Å². The maximum Gasteiger partial charge on any atom is 0.328 e. The molecule has 0 unspecified atom stereocenters. The molecule has 0 aromatic rings. The van der Waals surface area contributed by atoms with Crippen LogP contribution < -0.4 is 5.73 Å². The van der Waals surface area contributed by atoms with E-state index >= 15 is 0 Å². The topological polar surface area (TPSA) is 101 Å². The summed E-state index contributed by atoms with van der Waals surface area (Å²) in [4.78, 5) is 21.7. The Kier molecular flexibility index (Phi) is 0.999. The van der Waals surface area contributed by atoms with Crippen LogP contribution in [-0.4, -0.2) is 27.7 Å². The molecule has 0 aromatic heterocycles. The van der Waals surface area contributed by atoms with E-state index < -0.39 is 41.3 Å². The van der Waals surface area contributed by atoms with E-state index in [2.05, 4.69) is 0 Å². The summed E-state index contributed by atoms with van der Waals surface area (Å²) >= 11 is 0. The molecule has 0 heterocycles. The highest BCUT2D eigenvalue weighted by atomic mass is 16.4. The van der Waals surface area contributed by atoms with Crippen molar-refractivity contribution in [1.29, 1.82) is 0 Å². The van der Waals surface area contributed by atoms with Gasteiger partial charge in [-0.2, -0.15) is 0 Å². The first kappa shape index (κ1) is 6.15. The first-order valence-corrected chi connectivity index (χ1v) is 3.76. The lowest BCUT2D eigenvalue weighted by Gasteiger charge is -2.17. The highest BCUT2D eigenvalue weighted by Gasteiger charge is 2.67. The Morgan fingerprint density at radius 3 is 2.62 bits per heavy atom. The molecular weight excluding hydrogens is 174 g/mol. The van der Waals surface area contributed by atoms with Crippen molar-refractivity contribution in [3.8, 4) is 0 Å². The van der Waals surface area contributed by atoms with Gasteiger partial charge >= 0.3 is 11.9 Å². The van der Waals surface area contributed by atoms with E-state index in [0.29, 0.717) is 0 Å². The van der Waals surface area contributed by atoms with E-state index in [9.17, 15) is 9.59 Å². The van der Waals surface area contributed by atoms with Crippen molar-refractivity contribution in [2.45, 2.75) is 5.54 Å². The van der Waals surface area contributed by atoms with Crippen LogP contribution in [0.3, 0.4) is 0 Å². The predicted octanol–water partition coefficient (Wildman–Crippen LogP) is -0.715. The fourth-order valence-electron chi connectivity index (χ4n) is 1.85. The lowest BCUT2D eigenvalue weighted by molar-refractivity contribution is -0.143. The summed E-state index contributed by atoms with van der Waals surface area (Å²) in [6.45, 7) is 0.